The van der Waals surface area contributed by atoms with E-state index in [2.05, 4.69) is 9.84 Å². The molecule has 0 radical (unpaired) electrons. The third-order valence-electron chi connectivity index (χ3n) is 2.67. The fraction of sp³-hybridized carbons (Fsp3) is 0.231. The minimum atomic E-state index is -4.72. The lowest BCUT2D eigenvalue weighted by molar-refractivity contribution is -0.274. The van der Waals surface area contributed by atoms with Crippen molar-refractivity contribution < 1.29 is 22.7 Å². The minimum Gasteiger partial charge on any atom is -0.406 e. The van der Waals surface area contributed by atoms with Crippen LogP contribution in [0.3, 0.4) is 0 Å². The van der Waals surface area contributed by atoms with Gasteiger partial charge in [0.2, 0.25) is 0 Å². The van der Waals surface area contributed by atoms with Crippen LogP contribution in [0.4, 0.5) is 13.2 Å². The van der Waals surface area contributed by atoms with Crippen LogP contribution < -0.4 is 4.74 Å². The van der Waals surface area contributed by atoms with Gasteiger partial charge in [-0.1, -0.05) is 12.1 Å². The minimum absolute atomic E-state index is 0.171. The number of hydrogen-bond acceptors (Lipinski definition) is 3. The van der Waals surface area contributed by atoms with E-state index in [0.717, 1.165) is 0 Å². The molecule has 4 nitrogen and oxygen atoms in total. The van der Waals surface area contributed by atoms with E-state index in [9.17, 15) is 18.0 Å². The Bertz CT molecular complexity index is 630. The van der Waals surface area contributed by atoms with Crippen LogP contribution >= 0.6 is 0 Å². The number of aryl methyl sites for hydroxylation is 1. The molecule has 1 aromatic carbocycles. The van der Waals surface area contributed by atoms with Crippen molar-refractivity contribution in [3.8, 4) is 16.9 Å². The molecule has 0 bridgehead atoms. The highest BCUT2D eigenvalue weighted by Gasteiger charge is 2.31. The third kappa shape index (κ3) is 2.98. The molecule has 0 aliphatic rings. The number of benzene rings is 1. The first-order valence-electron chi connectivity index (χ1n) is 5.67. The van der Waals surface area contributed by atoms with E-state index in [4.69, 9.17) is 0 Å². The fourth-order valence-electron chi connectivity index (χ4n) is 1.90. The summed E-state index contributed by atoms with van der Waals surface area (Å²) in [4.78, 5) is 11.5. The molecule has 2 rings (SSSR count). The smallest absolute Gasteiger partial charge is 0.406 e. The molecule has 0 saturated heterocycles. The number of rotatable bonds is 3. The van der Waals surface area contributed by atoms with Crippen LogP contribution in [-0.4, -0.2) is 21.9 Å². The van der Waals surface area contributed by atoms with Gasteiger partial charge in [-0.2, -0.15) is 5.10 Å². The maximum Gasteiger partial charge on any atom is 0.573 e. The summed E-state index contributed by atoms with van der Waals surface area (Å²) in [5, 5.41) is 3.98. The summed E-state index contributed by atoms with van der Waals surface area (Å²) >= 11 is 0. The molecule has 0 aliphatic carbocycles. The van der Waals surface area contributed by atoms with E-state index >= 15 is 0 Å². The SMILES string of the molecule is CC(=O)c1c(-c2ccc(OC(F)(F)F)cc2)cnn1C. The van der Waals surface area contributed by atoms with Gasteiger partial charge in [0.1, 0.15) is 11.4 Å². The van der Waals surface area contributed by atoms with Crippen molar-refractivity contribution in [3.63, 3.8) is 0 Å². The Morgan fingerprint density at radius 3 is 2.35 bits per heavy atom. The van der Waals surface area contributed by atoms with Crippen LogP contribution in [0.5, 0.6) is 5.75 Å². The Morgan fingerprint density at radius 2 is 1.85 bits per heavy atom. The van der Waals surface area contributed by atoms with E-state index < -0.39 is 6.36 Å². The summed E-state index contributed by atoms with van der Waals surface area (Å²) in [5.74, 6) is -0.481. The average molecular weight is 284 g/mol. The van der Waals surface area contributed by atoms with E-state index in [1.807, 2.05) is 0 Å². The lowest BCUT2D eigenvalue weighted by atomic mass is 10.0. The number of carbonyl (C=O) groups excluding carboxylic acids is 1. The van der Waals surface area contributed by atoms with E-state index in [1.54, 1.807) is 7.05 Å². The molecule has 0 spiro atoms. The molecular formula is C13H11F3N2O2. The van der Waals surface area contributed by atoms with Crippen molar-refractivity contribution in [1.82, 2.24) is 9.78 Å². The normalized spacial score (nSPS) is 11.4. The molecule has 1 aromatic heterocycles. The monoisotopic (exact) mass is 284 g/mol. The van der Waals surface area contributed by atoms with Gasteiger partial charge >= 0.3 is 6.36 Å². The quantitative estimate of drug-likeness (QED) is 0.813. The molecule has 0 amide bonds. The summed E-state index contributed by atoms with van der Waals surface area (Å²) in [6.07, 6.45) is -3.23. The number of alkyl halides is 3. The highest BCUT2D eigenvalue weighted by Crippen LogP contribution is 2.28. The number of ether oxygens (including phenoxy) is 1. The number of Topliss-reactive ketones (excluding diaryl/α,β-unsaturated/α-hetero) is 1. The number of nitrogens with zero attached hydrogens (tertiary/aromatic N) is 2. The summed E-state index contributed by atoms with van der Waals surface area (Å²) in [5.41, 5.74) is 1.56. The van der Waals surface area contributed by atoms with Gasteiger partial charge < -0.3 is 4.74 Å². The number of hydrogen-bond donors (Lipinski definition) is 0. The lowest BCUT2D eigenvalue weighted by Gasteiger charge is -2.09. The van der Waals surface area contributed by atoms with Crippen molar-refractivity contribution in [3.05, 3.63) is 36.2 Å². The van der Waals surface area contributed by atoms with Gasteiger partial charge in [0, 0.05) is 19.5 Å². The van der Waals surface area contributed by atoms with Crippen LogP contribution in [0.2, 0.25) is 0 Å². The molecular weight excluding hydrogens is 273 g/mol. The summed E-state index contributed by atoms with van der Waals surface area (Å²) in [7, 11) is 1.63. The molecule has 0 atom stereocenters. The van der Waals surface area contributed by atoms with Crippen molar-refractivity contribution in [2.75, 3.05) is 0 Å². The number of halogens is 3. The first-order chi connectivity index (χ1) is 9.28. The Kier molecular flexibility index (Phi) is 3.52. The Labute approximate surface area is 112 Å². The zero-order chi connectivity index (χ0) is 14.9. The van der Waals surface area contributed by atoms with Crippen LogP contribution in [0.25, 0.3) is 11.1 Å². The largest absolute Gasteiger partial charge is 0.573 e. The van der Waals surface area contributed by atoms with Crippen molar-refractivity contribution in [2.24, 2.45) is 7.05 Å². The molecule has 0 saturated carbocycles. The second kappa shape index (κ2) is 4.99. The molecule has 2 aromatic rings. The molecule has 20 heavy (non-hydrogen) atoms. The summed E-state index contributed by atoms with van der Waals surface area (Å²) in [6, 6.07) is 5.29. The van der Waals surface area contributed by atoms with Gasteiger partial charge in [-0.05, 0) is 17.7 Å². The molecule has 0 aliphatic heterocycles. The highest BCUT2D eigenvalue weighted by atomic mass is 19.4. The number of carbonyl (C=O) groups is 1. The summed E-state index contributed by atoms with van der Waals surface area (Å²) in [6.45, 7) is 1.40. The molecule has 7 heteroatoms. The van der Waals surface area contributed by atoms with Crippen molar-refractivity contribution >= 4 is 5.78 Å². The molecule has 1 heterocycles. The molecule has 106 valence electrons. The van der Waals surface area contributed by atoms with Crippen molar-refractivity contribution in [1.29, 1.82) is 0 Å². The number of ketones is 1. The topological polar surface area (TPSA) is 44.1 Å². The van der Waals surface area contributed by atoms with E-state index in [1.165, 1.54) is 42.1 Å². The predicted octanol–water partition coefficient (Wildman–Crippen LogP) is 3.19. The van der Waals surface area contributed by atoms with Gasteiger partial charge in [-0.3, -0.25) is 9.48 Å². The predicted molar refractivity (Wildman–Crippen MR) is 65.3 cm³/mol. The maximum absolute atomic E-state index is 12.1. The third-order valence-corrected chi connectivity index (χ3v) is 2.67. The van der Waals surface area contributed by atoms with Crippen LogP contribution in [0.1, 0.15) is 17.4 Å². The second-order valence-electron chi connectivity index (χ2n) is 4.16. The fourth-order valence-corrected chi connectivity index (χ4v) is 1.90. The van der Waals surface area contributed by atoms with Gasteiger partial charge in [-0.15, -0.1) is 13.2 Å². The van der Waals surface area contributed by atoms with Crippen LogP contribution in [-0.2, 0) is 7.05 Å². The van der Waals surface area contributed by atoms with E-state index in [0.29, 0.717) is 16.8 Å². The highest BCUT2D eigenvalue weighted by molar-refractivity contribution is 5.99. The zero-order valence-corrected chi connectivity index (χ0v) is 10.7. The zero-order valence-electron chi connectivity index (χ0n) is 10.7. The van der Waals surface area contributed by atoms with Crippen molar-refractivity contribution in [2.45, 2.75) is 13.3 Å². The maximum atomic E-state index is 12.1. The van der Waals surface area contributed by atoms with Gasteiger partial charge in [-0.25, -0.2) is 0 Å². The Morgan fingerprint density at radius 1 is 1.25 bits per heavy atom. The summed E-state index contributed by atoms with van der Waals surface area (Å²) < 4.78 is 41.4. The second-order valence-corrected chi connectivity index (χ2v) is 4.16. The first kappa shape index (κ1) is 14.1. The standard InChI is InChI=1S/C13H11F3N2O2/c1-8(19)12-11(7-17-18(12)2)9-3-5-10(6-4-9)20-13(14,15)16/h3-7H,1-2H3. The lowest BCUT2D eigenvalue weighted by Crippen LogP contribution is -2.16. The Balaban J connectivity index is 2.34. The van der Waals surface area contributed by atoms with Crippen LogP contribution in [0.15, 0.2) is 30.5 Å². The molecule has 0 unspecified atom stereocenters. The average Bonchev–Trinajstić information content (AvgIpc) is 2.70. The van der Waals surface area contributed by atoms with E-state index in [-0.39, 0.29) is 11.5 Å². The molecule has 0 N–H and O–H groups in total. The van der Waals surface area contributed by atoms with Gasteiger partial charge in [0.05, 0.1) is 6.20 Å². The first-order valence-corrected chi connectivity index (χ1v) is 5.67. The number of aromatic nitrogens is 2. The van der Waals surface area contributed by atoms with Gasteiger partial charge in [0.15, 0.2) is 5.78 Å². The van der Waals surface area contributed by atoms with Crippen LogP contribution in [0, 0.1) is 0 Å². The Hall–Kier alpha value is -2.31. The molecule has 0 fully saturated rings. The van der Waals surface area contributed by atoms with Gasteiger partial charge in [0.25, 0.3) is 0 Å².